The van der Waals surface area contributed by atoms with Crippen molar-refractivity contribution in [2.45, 2.75) is 56.7 Å². The Morgan fingerprint density at radius 2 is 2.05 bits per heavy atom. The molecule has 0 spiro atoms. The molecular weight excluding hydrogens is 304 g/mol. The molecule has 0 aromatic carbocycles. The summed E-state index contributed by atoms with van der Waals surface area (Å²) in [5, 5.41) is 1.81. The SMILES string of the molecule is CC(C)CC1(CNS(=O)(=O)c2cc(CN)cs2)CCCC1. The molecule has 1 aromatic rings. The van der Waals surface area contributed by atoms with Crippen molar-refractivity contribution in [3.63, 3.8) is 0 Å². The van der Waals surface area contributed by atoms with Gasteiger partial charge in [0.1, 0.15) is 4.21 Å². The summed E-state index contributed by atoms with van der Waals surface area (Å²) in [5.41, 5.74) is 6.57. The number of rotatable bonds is 7. The third-order valence-electron chi connectivity index (χ3n) is 4.27. The molecule has 0 unspecified atom stereocenters. The quantitative estimate of drug-likeness (QED) is 0.807. The molecule has 0 bridgehead atoms. The van der Waals surface area contributed by atoms with E-state index >= 15 is 0 Å². The number of nitrogens with two attached hydrogens (primary N) is 1. The molecule has 1 aliphatic carbocycles. The van der Waals surface area contributed by atoms with E-state index in [1.54, 1.807) is 6.07 Å². The van der Waals surface area contributed by atoms with Crippen LogP contribution in [0.3, 0.4) is 0 Å². The third-order valence-corrected chi connectivity index (χ3v) is 7.16. The van der Waals surface area contributed by atoms with Crippen molar-refractivity contribution in [1.82, 2.24) is 4.72 Å². The van der Waals surface area contributed by atoms with E-state index in [9.17, 15) is 8.42 Å². The zero-order chi connectivity index (χ0) is 15.5. The van der Waals surface area contributed by atoms with Gasteiger partial charge in [-0.25, -0.2) is 13.1 Å². The summed E-state index contributed by atoms with van der Waals surface area (Å²) in [7, 11) is -3.40. The van der Waals surface area contributed by atoms with Crippen molar-refractivity contribution in [3.8, 4) is 0 Å². The van der Waals surface area contributed by atoms with Crippen molar-refractivity contribution < 1.29 is 8.42 Å². The average molecular weight is 331 g/mol. The minimum absolute atomic E-state index is 0.148. The van der Waals surface area contributed by atoms with E-state index in [1.165, 1.54) is 24.2 Å². The Morgan fingerprint density at radius 3 is 2.57 bits per heavy atom. The molecule has 0 aliphatic heterocycles. The highest BCUT2D eigenvalue weighted by atomic mass is 32.2. The fraction of sp³-hybridized carbons (Fsp3) is 0.733. The molecule has 0 atom stereocenters. The standard InChI is InChI=1S/C15H26N2O2S2/c1-12(2)8-15(5-3-4-6-15)11-17-21(18,19)14-7-13(9-16)10-20-14/h7,10,12,17H,3-6,8-9,11,16H2,1-2H3. The van der Waals surface area contributed by atoms with Gasteiger partial charge in [0.15, 0.2) is 0 Å². The first-order valence-electron chi connectivity index (χ1n) is 7.64. The number of sulfonamides is 1. The lowest BCUT2D eigenvalue weighted by Crippen LogP contribution is -2.36. The monoisotopic (exact) mass is 330 g/mol. The summed E-state index contributed by atoms with van der Waals surface area (Å²) in [6.07, 6.45) is 5.78. The predicted molar refractivity (Wildman–Crippen MR) is 87.8 cm³/mol. The van der Waals surface area contributed by atoms with Crippen LogP contribution in [0.15, 0.2) is 15.7 Å². The molecule has 120 valence electrons. The molecule has 1 aromatic heterocycles. The van der Waals surface area contributed by atoms with Crippen LogP contribution in [0.25, 0.3) is 0 Å². The van der Waals surface area contributed by atoms with Crippen LogP contribution in [-0.4, -0.2) is 15.0 Å². The van der Waals surface area contributed by atoms with Gasteiger partial charge in [0.25, 0.3) is 0 Å². The lowest BCUT2D eigenvalue weighted by atomic mass is 9.79. The second-order valence-corrected chi connectivity index (χ2v) is 9.51. The van der Waals surface area contributed by atoms with Crippen molar-refractivity contribution in [1.29, 1.82) is 0 Å². The summed E-state index contributed by atoms with van der Waals surface area (Å²) in [5.74, 6) is 0.596. The van der Waals surface area contributed by atoms with E-state index in [4.69, 9.17) is 5.73 Å². The Hall–Kier alpha value is -0.430. The lowest BCUT2D eigenvalue weighted by Gasteiger charge is -2.31. The molecule has 1 aliphatic rings. The molecule has 21 heavy (non-hydrogen) atoms. The normalized spacial score (nSPS) is 18.5. The Bertz CT molecular complexity index is 558. The summed E-state index contributed by atoms with van der Waals surface area (Å²) < 4.78 is 28.0. The van der Waals surface area contributed by atoms with Crippen LogP contribution in [0.2, 0.25) is 0 Å². The minimum atomic E-state index is -3.40. The summed E-state index contributed by atoms with van der Waals surface area (Å²) in [6.45, 7) is 5.36. The average Bonchev–Trinajstić information content (AvgIpc) is 3.05. The smallest absolute Gasteiger partial charge is 0.250 e. The molecule has 0 radical (unpaired) electrons. The van der Waals surface area contributed by atoms with Gasteiger partial charge < -0.3 is 5.73 Å². The van der Waals surface area contributed by atoms with Crippen LogP contribution in [-0.2, 0) is 16.6 Å². The van der Waals surface area contributed by atoms with Gasteiger partial charge in [0.2, 0.25) is 10.0 Å². The van der Waals surface area contributed by atoms with Gasteiger partial charge in [0, 0.05) is 13.1 Å². The van der Waals surface area contributed by atoms with Crippen molar-refractivity contribution in [2.75, 3.05) is 6.54 Å². The zero-order valence-corrected chi connectivity index (χ0v) is 14.5. The molecule has 2 rings (SSSR count). The molecule has 0 amide bonds. The second-order valence-electron chi connectivity index (χ2n) is 6.61. The van der Waals surface area contributed by atoms with Crippen molar-refractivity contribution in [2.24, 2.45) is 17.1 Å². The zero-order valence-electron chi connectivity index (χ0n) is 12.9. The van der Waals surface area contributed by atoms with Crippen LogP contribution >= 0.6 is 11.3 Å². The molecular formula is C15H26N2O2S2. The van der Waals surface area contributed by atoms with E-state index in [0.29, 0.717) is 23.2 Å². The maximum atomic E-state index is 12.4. The van der Waals surface area contributed by atoms with Crippen LogP contribution in [0.5, 0.6) is 0 Å². The van der Waals surface area contributed by atoms with Gasteiger partial charge in [-0.05, 0) is 47.6 Å². The van der Waals surface area contributed by atoms with E-state index in [2.05, 4.69) is 18.6 Å². The maximum Gasteiger partial charge on any atom is 0.250 e. The molecule has 1 fully saturated rings. The molecule has 1 saturated carbocycles. The number of nitrogens with one attached hydrogen (secondary N) is 1. The van der Waals surface area contributed by atoms with E-state index in [-0.39, 0.29) is 5.41 Å². The highest BCUT2D eigenvalue weighted by Crippen LogP contribution is 2.42. The topological polar surface area (TPSA) is 72.2 Å². The van der Waals surface area contributed by atoms with E-state index in [0.717, 1.165) is 24.8 Å². The Labute approximate surface area is 132 Å². The molecule has 1 heterocycles. The van der Waals surface area contributed by atoms with Gasteiger partial charge in [-0.2, -0.15) is 0 Å². The first kappa shape index (κ1) is 16.9. The molecule has 6 heteroatoms. The van der Waals surface area contributed by atoms with Gasteiger partial charge in [0.05, 0.1) is 0 Å². The van der Waals surface area contributed by atoms with Gasteiger partial charge in [-0.3, -0.25) is 0 Å². The Balaban J connectivity index is 2.05. The number of hydrogen-bond acceptors (Lipinski definition) is 4. The third kappa shape index (κ3) is 4.28. The Morgan fingerprint density at radius 1 is 1.38 bits per heavy atom. The molecule has 0 saturated heterocycles. The van der Waals surface area contributed by atoms with Crippen LogP contribution in [0.4, 0.5) is 0 Å². The first-order valence-corrected chi connectivity index (χ1v) is 10.0. The Kier molecular flexibility index (Phi) is 5.46. The fourth-order valence-corrected chi connectivity index (χ4v) is 5.79. The number of hydrogen-bond donors (Lipinski definition) is 2. The van der Waals surface area contributed by atoms with Gasteiger partial charge in [-0.15, -0.1) is 11.3 Å². The molecule has 4 nitrogen and oxygen atoms in total. The van der Waals surface area contributed by atoms with E-state index < -0.39 is 10.0 Å². The summed E-state index contributed by atoms with van der Waals surface area (Å²) >= 11 is 1.25. The second kappa shape index (κ2) is 6.77. The van der Waals surface area contributed by atoms with E-state index in [1.807, 2.05) is 5.38 Å². The highest BCUT2D eigenvalue weighted by molar-refractivity contribution is 7.91. The number of thiophene rings is 1. The van der Waals surface area contributed by atoms with Gasteiger partial charge >= 0.3 is 0 Å². The fourth-order valence-electron chi connectivity index (χ4n) is 3.36. The minimum Gasteiger partial charge on any atom is -0.326 e. The molecule has 3 N–H and O–H groups in total. The predicted octanol–water partition coefficient (Wildman–Crippen LogP) is 3.09. The largest absolute Gasteiger partial charge is 0.326 e. The summed E-state index contributed by atoms with van der Waals surface area (Å²) in [4.78, 5) is 0. The van der Waals surface area contributed by atoms with Crippen molar-refractivity contribution >= 4 is 21.4 Å². The van der Waals surface area contributed by atoms with Crippen LogP contribution < -0.4 is 10.5 Å². The lowest BCUT2D eigenvalue weighted by molar-refractivity contribution is 0.236. The van der Waals surface area contributed by atoms with Gasteiger partial charge in [-0.1, -0.05) is 26.7 Å². The summed E-state index contributed by atoms with van der Waals surface area (Å²) in [6, 6.07) is 1.68. The first-order chi connectivity index (χ1) is 9.87. The van der Waals surface area contributed by atoms with Crippen molar-refractivity contribution in [3.05, 3.63) is 17.0 Å². The highest BCUT2D eigenvalue weighted by Gasteiger charge is 2.35. The van der Waals surface area contributed by atoms with Crippen LogP contribution in [0.1, 0.15) is 51.5 Å². The van der Waals surface area contributed by atoms with Crippen LogP contribution in [0, 0.1) is 11.3 Å². The maximum absolute atomic E-state index is 12.4.